The van der Waals surface area contributed by atoms with Crippen molar-refractivity contribution in [2.75, 3.05) is 16.8 Å². The molecule has 0 spiro atoms. The Kier molecular flexibility index (Phi) is 4.51. The summed E-state index contributed by atoms with van der Waals surface area (Å²) >= 11 is 0. The Labute approximate surface area is 143 Å². The fourth-order valence-corrected chi connectivity index (χ4v) is 3.01. The maximum absolute atomic E-state index is 12.8. The molecular formula is C19H24N4O. The Bertz CT molecular complexity index is 757. The van der Waals surface area contributed by atoms with Crippen molar-refractivity contribution in [3.05, 3.63) is 47.4 Å². The van der Waals surface area contributed by atoms with Gasteiger partial charge in [0.25, 0.3) is 0 Å². The van der Waals surface area contributed by atoms with Gasteiger partial charge in [-0.05, 0) is 31.9 Å². The summed E-state index contributed by atoms with van der Waals surface area (Å²) in [5, 5.41) is 3.24. The number of fused-ring (bicyclic) bond motifs is 1. The molecule has 1 aromatic heterocycles. The number of nitrogens with zero attached hydrogens (tertiary/aromatic N) is 3. The first-order valence-corrected chi connectivity index (χ1v) is 8.47. The first-order valence-electron chi connectivity index (χ1n) is 8.47. The number of amides is 1. The minimum Gasteiger partial charge on any atom is -0.358 e. The van der Waals surface area contributed by atoms with Gasteiger partial charge in [0.1, 0.15) is 17.7 Å². The molecule has 1 N–H and O–H groups in total. The van der Waals surface area contributed by atoms with Crippen molar-refractivity contribution >= 4 is 17.4 Å². The molecule has 0 fully saturated rings. The number of carbonyl (C=O) groups is 1. The van der Waals surface area contributed by atoms with Crippen LogP contribution >= 0.6 is 0 Å². The predicted octanol–water partition coefficient (Wildman–Crippen LogP) is 3.30. The van der Waals surface area contributed by atoms with Crippen LogP contribution in [-0.4, -0.2) is 28.5 Å². The van der Waals surface area contributed by atoms with Crippen molar-refractivity contribution in [3.63, 3.8) is 0 Å². The number of nitrogens with one attached hydrogen (secondary N) is 1. The van der Waals surface area contributed by atoms with Gasteiger partial charge < -0.3 is 10.2 Å². The lowest BCUT2D eigenvalue weighted by atomic mass is 10.2. The van der Waals surface area contributed by atoms with Gasteiger partial charge in [0.05, 0.1) is 0 Å². The van der Waals surface area contributed by atoms with Crippen LogP contribution in [0.3, 0.4) is 0 Å². The van der Waals surface area contributed by atoms with Gasteiger partial charge in [-0.1, -0.05) is 32.0 Å². The lowest BCUT2D eigenvalue weighted by Gasteiger charge is -2.23. The van der Waals surface area contributed by atoms with E-state index in [2.05, 4.69) is 35.2 Å². The Morgan fingerprint density at radius 3 is 2.71 bits per heavy atom. The number of para-hydroxylation sites is 1. The highest BCUT2D eigenvalue weighted by molar-refractivity contribution is 6.00. The van der Waals surface area contributed by atoms with Crippen molar-refractivity contribution in [2.45, 2.75) is 46.1 Å². The third-order valence-electron chi connectivity index (χ3n) is 4.28. The lowest BCUT2D eigenvalue weighted by molar-refractivity contribution is -0.118. The zero-order chi connectivity index (χ0) is 17.3. The summed E-state index contributed by atoms with van der Waals surface area (Å²) in [6.45, 7) is 8.70. The normalized spacial score (nSPS) is 14.6. The highest BCUT2D eigenvalue weighted by Crippen LogP contribution is 2.28. The zero-order valence-electron chi connectivity index (χ0n) is 14.7. The highest BCUT2D eigenvalue weighted by Gasteiger charge is 2.27. The van der Waals surface area contributed by atoms with Crippen molar-refractivity contribution in [1.82, 2.24) is 9.97 Å². The monoisotopic (exact) mass is 324 g/mol. The van der Waals surface area contributed by atoms with Crippen molar-refractivity contribution in [2.24, 2.45) is 0 Å². The average molecular weight is 324 g/mol. The minimum absolute atomic E-state index is 0.0716. The highest BCUT2D eigenvalue weighted by atomic mass is 16.2. The molecule has 1 aliphatic heterocycles. The van der Waals surface area contributed by atoms with E-state index in [9.17, 15) is 4.79 Å². The molecule has 0 saturated carbocycles. The quantitative estimate of drug-likeness (QED) is 0.937. The van der Waals surface area contributed by atoms with Gasteiger partial charge in [0.2, 0.25) is 5.91 Å². The minimum atomic E-state index is -0.342. The molecule has 1 amide bonds. The number of aryl methyl sites for hydroxylation is 1. The standard InChI is InChI=1S/C19H24N4O/c1-12(2)18-20-13(3)11-17(22-18)21-14(4)19(24)23-10-9-15-7-5-6-8-16(15)23/h5-8,11-12,14H,9-10H2,1-4H3,(H,20,21,22). The van der Waals surface area contributed by atoms with Crippen LogP contribution in [0.5, 0.6) is 0 Å². The number of hydrogen-bond acceptors (Lipinski definition) is 4. The molecule has 3 rings (SSSR count). The van der Waals surface area contributed by atoms with Gasteiger partial charge in [-0.25, -0.2) is 9.97 Å². The maximum Gasteiger partial charge on any atom is 0.249 e. The Balaban J connectivity index is 1.76. The molecule has 0 bridgehead atoms. The van der Waals surface area contributed by atoms with E-state index in [0.717, 1.165) is 30.2 Å². The van der Waals surface area contributed by atoms with Crippen LogP contribution in [0.15, 0.2) is 30.3 Å². The van der Waals surface area contributed by atoms with Crippen LogP contribution < -0.4 is 10.2 Å². The number of anilines is 2. The van der Waals surface area contributed by atoms with Gasteiger partial charge in [-0.3, -0.25) is 4.79 Å². The largest absolute Gasteiger partial charge is 0.358 e. The number of hydrogen-bond donors (Lipinski definition) is 1. The van der Waals surface area contributed by atoms with E-state index in [4.69, 9.17) is 0 Å². The van der Waals surface area contributed by atoms with E-state index in [1.807, 2.05) is 43.0 Å². The number of aromatic nitrogens is 2. The molecule has 2 aromatic rings. The summed E-state index contributed by atoms with van der Waals surface area (Å²) in [4.78, 5) is 23.7. The molecule has 0 radical (unpaired) electrons. The van der Waals surface area contributed by atoms with E-state index in [1.54, 1.807) is 0 Å². The molecule has 5 heteroatoms. The van der Waals surface area contributed by atoms with Gasteiger partial charge in [0, 0.05) is 29.9 Å². The summed E-state index contributed by atoms with van der Waals surface area (Å²) in [6.07, 6.45) is 0.915. The van der Waals surface area contributed by atoms with Crippen molar-refractivity contribution in [1.29, 1.82) is 0 Å². The zero-order valence-corrected chi connectivity index (χ0v) is 14.7. The molecule has 24 heavy (non-hydrogen) atoms. The molecule has 0 saturated heterocycles. The van der Waals surface area contributed by atoms with Crippen molar-refractivity contribution < 1.29 is 4.79 Å². The molecular weight excluding hydrogens is 300 g/mol. The number of carbonyl (C=O) groups excluding carboxylic acids is 1. The summed E-state index contributed by atoms with van der Waals surface area (Å²) in [5.41, 5.74) is 3.17. The van der Waals surface area contributed by atoms with Crippen molar-refractivity contribution in [3.8, 4) is 0 Å². The fourth-order valence-electron chi connectivity index (χ4n) is 3.01. The molecule has 1 aromatic carbocycles. The van der Waals surface area contributed by atoms with Crippen LogP contribution in [0, 0.1) is 6.92 Å². The van der Waals surface area contributed by atoms with Gasteiger partial charge >= 0.3 is 0 Å². The van der Waals surface area contributed by atoms with Gasteiger partial charge in [-0.15, -0.1) is 0 Å². The molecule has 2 heterocycles. The Hall–Kier alpha value is -2.43. The van der Waals surface area contributed by atoms with Crippen LogP contribution in [-0.2, 0) is 11.2 Å². The Morgan fingerprint density at radius 1 is 1.21 bits per heavy atom. The molecule has 1 unspecified atom stereocenters. The summed E-state index contributed by atoms with van der Waals surface area (Å²) in [5.74, 6) is 1.83. The second kappa shape index (κ2) is 6.59. The third-order valence-corrected chi connectivity index (χ3v) is 4.28. The van der Waals surface area contributed by atoms with Gasteiger partial charge in [-0.2, -0.15) is 0 Å². The first-order chi connectivity index (χ1) is 11.5. The predicted molar refractivity (Wildman–Crippen MR) is 96.4 cm³/mol. The van der Waals surface area contributed by atoms with Gasteiger partial charge in [0.15, 0.2) is 0 Å². The van der Waals surface area contributed by atoms with E-state index in [1.165, 1.54) is 5.56 Å². The maximum atomic E-state index is 12.8. The molecule has 5 nitrogen and oxygen atoms in total. The lowest BCUT2D eigenvalue weighted by Crippen LogP contribution is -2.40. The summed E-state index contributed by atoms with van der Waals surface area (Å²) < 4.78 is 0. The van der Waals surface area contributed by atoms with E-state index in [0.29, 0.717) is 5.82 Å². The molecule has 1 atom stereocenters. The summed E-state index contributed by atoms with van der Waals surface area (Å²) in [7, 11) is 0. The fraction of sp³-hybridized carbons (Fsp3) is 0.421. The van der Waals surface area contributed by atoms with Crippen LogP contribution in [0.4, 0.5) is 11.5 Å². The topological polar surface area (TPSA) is 58.1 Å². The molecule has 0 aliphatic carbocycles. The van der Waals surface area contributed by atoms with Crippen LogP contribution in [0.1, 0.15) is 43.8 Å². The smallest absolute Gasteiger partial charge is 0.249 e. The van der Waals surface area contributed by atoms with E-state index in [-0.39, 0.29) is 17.9 Å². The SMILES string of the molecule is Cc1cc(NC(C)C(=O)N2CCc3ccccc32)nc(C(C)C)n1. The Morgan fingerprint density at radius 2 is 1.96 bits per heavy atom. The molecule has 1 aliphatic rings. The molecule has 126 valence electrons. The first kappa shape index (κ1) is 16.4. The average Bonchev–Trinajstić information content (AvgIpc) is 2.97. The number of benzene rings is 1. The second-order valence-electron chi connectivity index (χ2n) is 6.64. The number of rotatable bonds is 4. The van der Waals surface area contributed by atoms with E-state index >= 15 is 0 Å². The van der Waals surface area contributed by atoms with Crippen LogP contribution in [0.2, 0.25) is 0 Å². The van der Waals surface area contributed by atoms with Crippen LogP contribution in [0.25, 0.3) is 0 Å². The second-order valence-corrected chi connectivity index (χ2v) is 6.64. The third kappa shape index (κ3) is 3.25. The summed E-state index contributed by atoms with van der Waals surface area (Å²) in [6, 6.07) is 9.64. The van der Waals surface area contributed by atoms with E-state index < -0.39 is 0 Å².